The van der Waals surface area contributed by atoms with E-state index < -0.39 is 6.10 Å². The van der Waals surface area contributed by atoms with Crippen molar-refractivity contribution in [1.82, 2.24) is 24.3 Å². The molecule has 3 N–H and O–H groups in total. The minimum Gasteiger partial charge on any atom is -0.479 e. The van der Waals surface area contributed by atoms with Crippen LogP contribution < -0.4 is 10.1 Å². The van der Waals surface area contributed by atoms with Gasteiger partial charge in [0.25, 0.3) is 0 Å². The molecule has 0 aliphatic rings. The Morgan fingerprint density at radius 2 is 2.12 bits per heavy atom. The number of nitrogens with one attached hydrogen (secondary N) is 2. The number of aliphatic hydroxyl groups excluding tert-OH is 1. The van der Waals surface area contributed by atoms with Gasteiger partial charge in [0.15, 0.2) is 0 Å². The fourth-order valence-electron chi connectivity index (χ4n) is 3.68. The predicted molar refractivity (Wildman–Crippen MR) is 129 cm³/mol. The number of hydrogen-bond donors (Lipinski definition) is 3. The Bertz CT molecular complexity index is 1460. The molecule has 0 bridgehead atoms. The van der Waals surface area contributed by atoms with Crippen LogP contribution in [0.25, 0.3) is 28.0 Å². The second kappa shape index (κ2) is 9.17. The number of nitrogens with zero attached hydrogens (tertiary/aromatic N) is 6. The van der Waals surface area contributed by atoms with Gasteiger partial charge in [-0.15, -0.1) is 5.10 Å². The van der Waals surface area contributed by atoms with Gasteiger partial charge in [-0.3, -0.25) is 14.7 Å². The van der Waals surface area contributed by atoms with Crippen LogP contribution >= 0.6 is 0 Å². The van der Waals surface area contributed by atoms with Crippen molar-refractivity contribution in [2.24, 2.45) is 7.05 Å². The summed E-state index contributed by atoms with van der Waals surface area (Å²) < 4.78 is 8.94. The Balaban J connectivity index is 1.75. The van der Waals surface area contributed by atoms with Gasteiger partial charge in [0, 0.05) is 24.5 Å². The molecule has 10 heteroatoms. The topological polar surface area (TPSA) is 138 Å². The van der Waals surface area contributed by atoms with Gasteiger partial charge < -0.3 is 15.2 Å². The molecule has 172 valence electrons. The molecule has 0 amide bonds. The van der Waals surface area contributed by atoms with E-state index in [0.717, 1.165) is 22.2 Å². The van der Waals surface area contributed by atoms with E-state index in [4.69, 9.17) is 20.4 Å². The number of nitriles is 1. The molecule has 10 nitrogen and oxygen atoms in total. The van der Waals surface area contributed by atoms with Crippen LogP contribution in [0.5, 0.6) is 5.88 Å². The van der Waals surface area contributed by atoms with E-state index in [-0.39, 0.29) is 5.71 Å². The van der Waals surface area contributed by atoms with Crippen molar-refractivity contribution < 1.29 is 9.84 Å². The first kappa shape index (κ1) is 22.7. The molecule has 0 saturated heterocycles. The quantitative estimate of drug-likeness (QED) is 0.360. The maximum absolute atomic E-state index is 10.2. The second-order valence-corrected chi connectivity index (χ2v) is 7.80. The number of allylic oxidation sites excluding steroid dienone is 2. The molecule has 0 aliphatic carbocycles. The molecular formula is C24H24N8O2. The van der Waals surface area contributed by atoms with Gasteiger partial charge in [-0.05, 0) is 49.8 Å². The van der Waals surface area contributed by atoms with Crippen LogP contribution in [0, 0.1) is 16.7 Å². The number of rotatable bonds is 7. The minimum atomic E-state index is -0.760. The molecule has 0 aliphatic heterocycles. The number of aryl methyl sites for hydroxylation is 1. The largest absolute Gasteiger partial charge is 0.479 e. The lowest BCUT2D eigenvalue weighted by Gasteiger charge is -2.15. The normalized spacial score (nSPS) is 12.4. The molecule has 0 saturated carbocycles. The average Bonchev–Trinajstić information content (AvgIpc) is 3.41. The van der Waals surface area contributed by atoms with Crippen molar-refractivity contribution in [3.05, 3.63) is 60.2 Å². The molecule has 1 unspecified atom stereocenters. The number of pyridine rings is 1. The number of benzene rings is 1. The zero-order valence-electron chi connectivity index (χ0n) is 19.2. The lowest BCUT2D eigenvalue weighted by Crippen LogP contribution is -2.08. The monoisotopic (exact) mass is 456 g/mol. The van der Waals surface area contributed by atoms with Crippen molar-refractivity contribution in [3.8, 4) is 28.9 Å². The minimum absolute atomic E-state index is 0.179. The molecule has 0 radical (unpaired) electrons. The number of aliphatic hydroxyl groups is 1. The first-order valence-corrected chi connectivity index (χ1v) is 10.5. The summed E-state index contributed by atoms with van der Waals surface area (Å²) in [5.74, 6) is 1.58. The highest BCUT2D eigenvalue weighted by Gasteiger charge is 2.15. The smallest absolute Gasteiger partial charge is 0.240 e. The van der Waals surface area contributed by atoms with Crippen LogP contribution in [0.1, 0.15) is 25.5 Å². The third-order valence-electron chi connectivity index (χ3n) is 5.25. The number of hydrogen-bond acceptors (Lipinski definition) is 8. The van der Waals surface area contributed by atoms with Crippen LogP contribution in [0.4, 0.5) is 5.82 Å². The summed E-state index contributed by atoms with van der Waals surface area (Å²) in [5, 5.41) is 34.0. The number of anilines is 1. The Morgan fingerprint density at radius 1 is 1.32 bits per heavy atom. The van der Waals surface area contributed by atoms with Crippen molar-refractivity contribution in [2.75, 3.05) is 12.4 Å². The predicted octanol–water partition coefficient (Wildman–Crippen LogP) is 3.74. The first-order chi connectivity index (χ1) is 16.3. The van der Waals surface area contributed by atoms with Crippen LogP contribution in [0.3, 0.4) is 0 Å². The summed E-state index contributed by atoms with van der Waals surface area (Å²) in [6, 6.07) is 11.3. The zero-order chi connectivity index (χ0) is 24.4. The molecule has 4 aromatic rings. The standard InChI is InChI=1S/C24H24N8O2/c1-14(9-17(26)11-25)28-23-18(15(2)33)6-8-22(29-23)32-13-27-20-10-16(5-7-21(20)32)19-12-31(3)30-24(19)34-4/h5-10,12-13,15,26,33H,1-4H3,(H,28,29)/b14-9-,26-17?. The lowest BCUT2D eigenvalue weighted by atomic mass is 10.1. The fraction of sp³-hybridized carbons (Fsp3) is 0.208. The number of aromatic nitrogens is 5. The molecule has 4 rings (SSSR count). The number of methoxy groups -OCH3 is 1. The Labute approximate surface area is 196 Å². The van der Waals surface area contributed by atoms with Crippen LogP contribution in [0.2, 0.25) is 0 Å². The van der Waals surface area contributed by atoms with Gasteiger partial charge in [-0.1, -0.05) is 6.07 Å². The Morgan fingerprint density at radius 3 is 2.82 bits per heavy atom. The Kier molecular flexibility index (Phi) is 6.12. The third kappa shape index (κ3) is 4.37. The molecule has 3 aromatic heterocycles. The van der Waals surface area contributed by atoms with Gasteiger partial charge in [0.1, 0.15) is 29.7 Å². The summed E-state index contributed by atoms with van der Waals surface area (Å²) >= 11 is 0. The number of fused-ring (bicyclic) bond motifs is 1. The molecular weight excluding hydrogens is 432 g/mol. The van der Waals surface area contributed by atoms with E-state index in [1.165, 1.54) is 6.08 Å². The van der Waals surface area contributed by atoms with Crippen LogP contribution in [-0.2, 0) is 7.05 Å². The van der Waals surface area contributed by atoms with Crippen molar-refractivity contribution in [1.29, 1.82) is 10.7 Å². The van der Waals surface area contributed by atoms with E-state index in [2.05, 4.69) is 15.4 Å². The zero-order valence-corrected chi connectivity index (χ0v) is 19.2. The Hall–Kier alpha value is -4.49. The van der Waals surface area contributed by atoms with E-state index >= 15 is 0 Å². The maximum Gasteiger partial charge on any atom is 0.240 e. The van der Waals surface area contributed by atoms with Crippen molar-refractivity contribution in [3.63, 3.8) is 0 Å². The summed E-state index contributed by atoms with van der Waals surface area (Å²) in [6.07, 6.45) is 4.23. The summed E-state index contributed by atoms with van der Waals surface area (Å²) in [4.78, 5) is 9.25. The van der Waals surface area contributed by atoms with E-state index in [1.54, 1.807) is 44.1 Å². The van der Waals surface area contributed by atoms with Gasteiger partial charge in [0.2, 0.25) is 5.88 Å². The third-order valence-corrected chi connectivity index (χ3v) is 5.25. The molecule has 1 atom stereocenters. The summed E-state index contributed by atoms with van der Waals surface area (Å²) in [6.45, 7) is 3.38. The average molecular weight is 457 g/mol. The fourth-order valence-corrected chi connectivity index (χ4v) is 3.68. The van der Waals surface area contributed by atoms with E-state index in [9.17, 15) is 5.11 Å². The SMILES string of the molecule is COc1nn(C)cc1-c1ccc2c(c1)ncn2-c1ccc(C(C)O)c(N/C(C)=C\C(=N)C#N)n1. The summed E-state index contributed by atoms with van der Waals surface area (Å²) in [5.41, 5.74) is 4.41. The highest BCUT2D eigenvalue weighted by molar-refractivity contribution is 6.05. The molecule has 3 heterocycles. The number of imidazole rings is 1. The molecule has 0 spiro atoms. The van der Waals surface area contributed by atoms with Gasteiger partial charge in [0.05, 0.1) is 29.8 Å². The van der Waals surface area contributed by atoms with E-state index in [1.807, 2.05) is 42.1 Å². The lowest BCUT2D eigenvalue weighted by molar-refractivity contribution is 0.199. The van der Waals surface area contributed by atoms with Crippen LogP contribution in [0.15, 0.2) is 54.6 Å². The van der Waals surface area contributed by atoms with E-state index in [0.29, 0.717) is 28.8 Å². The second-order valence-electron chi connectivity index (χ2n) is 7.80. The molecule has 1 aromatic carbocycles. The molecule has 34 heavy (non-hydrogen) atoms. The number of ether oxygens (including phenoxy) is 1. The van der Waals surface area contributed by atoms with Crippen LogP contribution in [-0.4, -0.2) is 42.2 Å². The van der Waals surface area contributed by atoms with Gasteiger partial charge in [-0.25, -0.2) is 9.97 Å². The van der Waals surface area contributed by atoms with Crippen molar-refractivity contribution >= 4 is 22.6 Å². The highest BCUT2D eigenvalue weighted by atomic mass is 16.5. The van der Waals surface area contributed by atoms with Gasteiger partial charge >= 0.3 is 0 Å². The summed E-state index contributed by atoms with van der Waals surface area (Å²) in [7, 11) is 3.43. The van der Waals surface area contributed by atoms with Crippen molar-refractivity contribution in [2.45, 2.75) is 20.0 Å². The molecule has 0 fully saturated rings. The maximum atomic E-state index is 10.2. The highest BCUT2D eigenvalue weighted by Crippen LogP contribution is 2.31. The first-order valence-electron chi connectivity index (χ1n) is 10.5. The van der Waals surface area contributed by atoms with Gasteiger partial charge in [-0.2, -0.15) is 5.26 Å².